The predicted molar refractivity (Wildman–Crippen MR) is 122 cm³/mol. The number of phenolic OH excluding ortho intramolecular Hbond substituents is 1. The van der Waals surface area contributed by atoms with Gasteiger partial charge in [-0.05, 0) is 19.5 Å². The normalized spacial score (nSPS) is 9.63. The Balaban J connectivity index is 0.000000553. The summed E-state index contributed by atoms with van der Waals surface area (Å²) in [5.74, 6) is 1.44. The van der Waals surface area contributed by atoms with Crippen LogP contribution in [0.15, 0.2) is 41.3 Å². The molecule has 162 valence electrons. The van der Waals surface area contributed by atoms with Gasteiger partial charge in [0.2, 0.25) is 5.75 Å². The molecule has 2 rings (SSSR count). The van der Waals surface area contributed by atoms with Crippen LogP contribution >= 0.6 is 12.6 Å². The van der Waals surface area contributed by atoms with Crippen LogP contribution in [0.4, 0.5) is 5.69 Å². The summed E-state index contributed by atoms with van der Waals surface area (Å²) in [4.78, 5) is 0.983. The van der Waals surface area contributed by atoms with Crippen molar-refractivity contribution in [2.45, 2.75) is 31.1 Å². The Morgan fingerprint density at radius 1 is 0.933 bits per heavy atom. The molecule has 0 aliphatic carbocycles. The molecule has 0 saturated carbocycles. The zero-order chi connectivity index (χ0) is 21.5. The standard InChI is InChI=1S/C13H21N2S.C9H12O4.K/c1-2-3-4-9-14-10-11-15-12-5-7-13(16)8-6-12;1-11-7-4-6(10)5-8(12-2)9(7)13-3;/h5-8,14,16H,2-4,9-11H2,1H3;4-5,10H,1-3H3;/q-1;;+1. The number of benzene rings is 2. The summed E-state index contributed by atoms with van der Waals surface area (Å²) in [7, 11) is 4.50. The molecule has 0 aromatic heterocycles. The molecule has 0 atom stereocenters. The number of unbranched alkanes of at least 4 members (excludes halogenated alkanes) is 2. The van der Waals surface area contributed by atoms with E-state index in [1.54, 1.807) is 0 Å². The number of rotatable bonds is 11. The Kier molecular flexibility index (Phi) is 17.6. The van der Waals surface area contributed by atoms with Crippen molar-refractivity contribution >= 4 is 18.3 Å². The Labute approximate surface area is 228 Å². The summed E-state index contributed by atoms with van der Waals surface area (Å²) in [5.41, 5.74) is 1.04. The van der Waals surface area contributed by atoms with E-state index in [-0.39, 0.29) is 57.1 Å². The van der Waals surface area contributed by atoms with Gasteiger partial charge in [-0.25, -0.2) is 0 Å². The number of phenols is 1. The van der Waals surface area contributed by atoms with Crippen molar-refractivity contribution in [2.24, 2.45) is 0 Å². The number of hydrogen-bond acceptors (Lipinski definition) is 6. The second-order valence-corrected chi connectivity index (χ2v) is 6.76. The van der Waals surface area contributed by atoms with Crippen molar-refractivity contribution in [3.8, 4) is 23.0 Å². The van der Waals surface area contributed by atoms with Crippen molar-refractivity contribution in [3.05, 3.63) is 41.7 Å². The first-order chi connectivity index (χ1) is 14.0. The molecule has 0 fully saturated rings. The summed E-state index contributed by atoms with van der Waals surface area (Å²) in [6.45, 7) is 5.14. The van der Waals surface area contributed by atoms with Gasteiger partial charge in [0.15, 0.2) is 11.5 Å². The maximum atomic E-state index is 9.26. The molecule has 2 N–H and O–H groups in total. The molecule has 0 saturated heterocycles. The van der Waals surface area contributed by atoms with Gasteiger partial charge in [-0.15, -0.1) is 24.9 Å². The van der Waals surface area contributed by atoms with E-state index in [1.165, 1.54) is 52.7 Å². The second kappa shape index (κ2) is 18.0. The van der Waals surface area contributed by atoms with E-state index in [0.29, 0.717) is 17.2 Å². The summed E-state index contributed by atoms with van der Waals surface area (Å²) in [6.07, 6.45) is 3.86. The first kappa shape index (κ1) is 29.4. The van der Waals surface area contributed by atoms with Crippen molar-refractivity contribution < 1.29 is 70.7 Å². The number of methoxy groups -OCH3 is 3. The van der Waals surface area contributed by atoms with E-state index in [9.17, 15) is 5.11 Å². The van der Waals surface area contributed by atoms with Gasteiger partial charge in [-0.1, -0.05) is 44.0 Å². The van der Waals surface area contributed by atoms with E-state index in [2.05, 4.69) is 30.2 Å². The minimum atomic E-state index is 0. The van der Waals surface area contributed by atoms with Crippen LogP contribution in [0.3, 0.4) is 0 Å². The third kappa shape index (κ3) is 11.7. The summed E-state index contributed by atoms with van der Waals surface area (Å²) >= 11 is 4.23. The zero-order valence-electron chi connectivity index (χ0n) is 18.8. The van der Waals surface area contributed by atoms with Gasteiger partial charge in [-0.3, -0.25) is 0 Å². The predicted octanol–water partition coefficient (Wildman–Crippen LogP) is 2.18. The molecule has 2 aromatic rings. The van der Waals surface area contributed by atoms with Crippen LogP contribution in [-0.4, -0.2) is 46.1 Å². The molecule has 8 heteroatoms. The summed E-state index contributed by atoms with van der Waals surface area (Å²) < 4.78 is 15.0. The van der Waals surface area contributed by atoms with Crippen LogP contribution in [0.1, 0.15) is 26.2 Å². The van der Waals surface area contributed by atoms with Crippen LogP contribution in [0, 0.1) is 0 Å². The van der Waals surface area contributed by atoms with Gasteiger partial charge in [0.05, 0.1) is 21.3 Å². The van der Waals surface area contributed by atoms with Gasteiger partial charge in [-0.2, -0.15) is 0 Å². The average molecular weight is 461 g/mol. The minimum absolute atomic E-state index is 0. The fourth-order valence-electron chi connectivity index (χ4n) is 2.51. The van der Waals surface area contributed by atoms with E-state index < -0.39 is 0 Å². The molecule has 6 nitrogen and oxygen atoms in total. The Hall–Kier alpha value is -0.614. The average Bonchev–Trinajstić information content (AvgIpc) is 2.74. The van der Waals surface area contributed by atoms with Crippen molar-refractivity contribution in [1.82, 2.24) is 5.32 Å². The molecule has 0 spiro atoms. The molecule has 0 amide bonds. The first-order valence-electron chi connectivity index (χ1n) is 9.71. The van der Waals surface area contributed by atoms with Gasteiger partial charge in [0.25, 0.3) is 0 Å². The van der Waals surface area contributed by atoms with Crippen LogP contribution in [0.5, 0.6) is 23.0 Å². The molecule has 30 heavy (non-hydrogen) atoms. The maximum Gasteiger partial charge on any atom is 1.00 e. The number of hydrogen-bond donors (Lipinski definition) is 3. The molecule has 0 aliphatic rings. The van der Waals surface area contributed by atoms with Crippen molar-refractivity contribution in [1.29, 1.82) is 0 Å². The zero-order valence-corrected chi connectivity index (χ0v) is 22.8. The van der Waals surface area contributed by atoms with Crippen molar-refractivity contribution in [3.63, 3.8) is 0 Å². The number of aromatic hydroxyl groups is 1. The number of nitrogens with one attached hydrogen (secondary N) is 1. The van der Waals surface area contributed by atoms with Crippen molar-refractivity contribution in [2.75, 3.05) is 41.0 Å². The van der Waals surface area contributed by atoms with Crippen LogP contribution in [0.2, 0.25) is 0 Å². The largest absolute Gasteiger partial charge is 1.00 e. The van der Waals surface area contributed by atoms with Crippen LogP contribution < -0.4 is 70.9 Å². The van der Waals surface area contributed by atoms with Gasteiger partial charge < -0.3 is 30.0 Å². The number of nitrogens with zero attached hydrogens (tertiary/aromatic N) is 1. The molecule has 0 aliphatic heterocycles. The molecule has 0 heterocycles. The first-order valence-corrected chi connectivity index (χ1v) is 10.2. The van der Waals surface area contributed by atoms with Gasteiger partial charge >= 0.3 is 51.4 Å². The maximum absolute atomic E-state index is 9.26. The Bertz CT molecular complexity index is 677. The molecular formula is C22H33KN2O4S. The fraction of sp³-hybridized carbons (Fsp3) is 0.455. The Morgan fingerprint density at radius 2 is 1.53 bits per heavy atom. The van der Waals surface area contributed by atoms with Gasteiger partial charge in [0.1, 0.15) is 5.75 Å². The van der Waals surface area contributed by atoms with E-state index in [1.807, 2.05) is 24.3 Å². The smallest absolute Gasteiger partial charge is 0.683 e. The number of thiol groups is 1. The van der Waals surface area contributed by atoms with E-state index >= 15 is 0 Å². The molecular weight excluding hydrogens is 427 g/mol. The molecule has 0 unspecified atom stereocenters. The monoisotopic (exact) mass is 460 g/mol. The van der Waals surface area contributed by atoms with Crippen LogP contribution in [-0.2, 0) is 0 Å². The van der Waals surface area contributed by atoms with E-state index in [0.717, 1.165) is 30.2 Å². The third-order valence-electron chi connectivity index (χ3n) is 4.04. The fourth-order valence-corrected chi connectivity index (χ4v) is 2.66. The quantitative estimate of drug-likeness (QED) is 0.272. The van der Waals surface area contributed by atoms with Gasteiger partial charge in [0, 0.05) is 17.0 Å². The summed E-state index contributed by atoms with van der Waals surface area (Å²) in [6, 6.07) is 10.9. The van der Waals surface area contributed by atoms with Crippen LogP contribution in [0.25, 0.3) is 5.32 Å². The molecule has 0 bridgehead atoms. The molecule has 0 radical (unpaired) electrons. The SMILES string of the molecule is CCCCCNCC[N-]c1ccc(S)cc1.COc1cc(O)cc(OC)c1OC.[K+]. The number of ether oxygens (including phenoxy) is 3. The third-order valence-corrected chi connectivity index (χ3v) is 4.34. The minimum Gasteiger partial charge on any atom is -0.683 e. The summed E-state index contributed by atoms with van der Waals surface area (Å²) in [5, 5.41) is 17.1. The Morgan fingerprint density at radius 3 is 2.03 bits per heavy atom. The second-order valence-electron chi connectivity index (χ2n) is 6.24. The molecule has 2 aromatic carbocycles. The topological polar surface area (TPSA) is 74.1 Å². The van der Waals surface area contributed by atoms with E-state index in [4.69, 9.17) is 14.2 Å².